The van der Waals surface area contributed by atoms with E-state index in [2.05, 4.69) is 31.2 Å². The van der Waals surface area contributed by atoms with Crippen LogP contribution in [0.2, 0.25) is 0 Å². The van der Waals surface area contributed by atoms with Crippen molar-refractivity contribution in [2.45, 2.75) is 66.2 Å². The number of hydrogen-bond acceptors (Lipinski definition) is 7. The van der Waals surface area contributed by atoms with Crippen molar-refractivity contribution in [3.8, 4) is 0 Å². The summed E-state index contributed by atoms with van der Waals surface area (Å²) in [5.41, 5.74) is 0.171. The molecule has 4 amide bonds. The maximum absolute atomic E-state index is 13.1. The molecule has 4 N–H and O–H groups in total. The first kappa shape index (κ1) is 30.1. The van der Waals surface area contributed by atoms with Gasteiger partial charge >= 0.3 is 0 Å². The average molecular weight is 525 g/mol. The maximum atomic E-state index is 13.1. The SMILES string of the molecule is CC(C)[C@H](NC(=O)[C@H](C)NC(=O)[C@@H](NC(=O)c1cnccn1)C(C)(C)C)C(=O)C(=O)NCc1ccccc1. The van der Waals surface area contributed by atoms with Crippen LogP contribution in [0.25, 0.3) is 0 Å². The van der Waals surface area contributed by atoms with Gasteiger partial charge in [-0.25, -0.2) is 4.98 Å². The molecule has 11 nitrogen and oxygen atoms in total. The van der Waals surface area contributed by atoms with Crippen LogP contribution < -0.4 is 21.3 Å². The van der Waals surface area contributed by atoms with Crippen molar-refractivity contribution in [1.82, 2.24) is 31.2 Å². The molecule has 204 valence electrons. The number of hydrogen-bond donors (Lipinski definition) is 4. The first-order chi connectivity index (χ1) is 17.8. The molecule has 0 aliphatic heterocycles. The Bertz CT molecular complexity index is 1130. The second kappa shape index (κ2) is 13.4. The third-order valence-electron chi connectivity index (χ3n) is 5.72. The number of nitrogens with one attached hydrogen (secondary N) is 4. The van der Waals surface area contributed by atoms with E-state index in [1.807, 2.05) is 30.3 Å². The van der Waals surface area contributed by atoms with Gasteiger partial charge in [0.25, 0.3) is 11.8 Å². The van der Waals surface area contributed by atoms with E-state index in [1.165, 1.54) is 25.5 Å². The minimum Gasteiger partial charge on any atom is -0.345 e. The van der Waals surface area contributed by atoms with Crippen LogP contribution in [0.3, 0.4) is 0 Å². The van der Waals surface area contributed by atoms with E-state index < -0.39 is 53.0 Å². The molecule has 0 unspecified atom stereocenters. The van der Waals surface area contributed by atoms with Gasteiger partial charge in [0, 0.05) is 18.9 Å². The fourth-order valence-electron chi connectivity index (χ4n) is 3.48. The van der Waals surface area contributed by atoms with Gasteiger partial charge in [-0.15, -0.1) is 0 Å². The highest BCUT2D eigenvalue weighted by atomic mass is 16.2. The molecule has 0 aliphatic rings. The highest BCUT2D eigenvalue weighted by Gasteiger charge is 2.36. The number of Topliss-reactive ketones (excluding diaryl/α,β-unsaturated/α-hetero) is 1. The van der Waals surface area contributed by atoms with Crippen molar-refractivity contribution < 1.29 is 24.0 Å². The summed E-state index contributed by atoms with van der Waals surface area (Å²) in [4.78, 5) is 71.6. The van der Waals surface area contributed by atoms with Crippen LogP contribution in [0.5, 0.6) is 0 Å². The minimum atomic E-state index is -1.09. The van der Waals surface area contributed by atoms with Gasteiger partial charge in [0.05, 0.1) is 12.2 Å². The van der Waals surface area contributed by atoms with Crippen LogP contribution in [-0.2, 0) is 25.7 Å². The molecule has 2 rings (SSSR count). The van der Waals surface area contributed by atoms with Gasteiger partial charge < -0.3 is 21.3 Å². The molecule has 0 spiro atoms. The normalized spacial score (nSPS) is 13.6. The van der Waals surface area contributed by atoms with E-state index in [1.54, 1.807) is 34.6 Å². The number of nitrogens with zero attached hydrogens (tertiary/aromatic N) is 2. The quantitative estimate of drug-likeness (QED) is 0.321. The zero-order chi connectivity index (χ0) is 28.5. The van der Waals surface area contributed by atoms with Crippen molar-refractivity contribution in [3.05, 3.63) is 60.2 Å². The fraction of sp³-hybridized carbons (Fsp3) is 0.444. The summed E-state index contributed by atoms with van der Waals surface area (Å²) in [6.07, 6.45) is 4.07. The van der Waals surface area contributed by atoms with Gasteiger partial charge in [0.2, 0.25) is 17.6 Å². The second-order valence-electron chi connectivity index (χ2n) is 10.4. The average Bonchev–Trinajstić information content (AvgIpc) is 2.88. The minimum absolute atomic E-state index is 0.0455. The zero-order valence-electron chi connectivity index (χ0n) is 22.6. The molecule has 1 aromatic heterocycles. The Hall–Kier alpha value is -4.15. The molecule has 0 fully saturated rings. The lowest BCUT2D eigenvalue weighted by molar-refractivity contribution is -0.141. The molecule has 11 heteroatoms. The first-order valence-corrected chi connectivity index (χ1v) is 12.3. The predicted molar refractivity (Wildman–Crippen MR) is 140 cm³/mol. The van der Waals surface area contributed by atoms with Crippen molar-refractivity contribution in [2.24, 2.45) is 11.3 Å². The Kier molecular flexibility index (Phi) is 10.6. The van der Waals surface area contributed by atoms with Gasteiger partial charge in [0.1, 0.15) is 17.8 Å². The number of aromatic nitrogens is 2. The second-order valence-corrected chi connectivity index (χ2v) is 10.4. The standard InChI is InChI=1S/C27H36N6O5/c1-16(2)20(21(34)25(37)30-14-18-10-8-7-9-11-18)32-23(35)17(3)31-26(38)22(27(4,5)6)33-24(36)19-15-28-12-13-29-19/h7-13,15-17,20,22H,14H2,1-6H3,(H,30,37)(H,31,38)(H,32,35)(H,33,36)/t17-,20-,22+/m0/s1. The topological polar surface area (TPSA) is 159 Å². The van der Waals surface area contributed by atoms with Crippen molar-refractivity contribution in [3.63, 3.8) is 0 Å². The number of carbonyl (C=O) groups excluding carboxylic acids is 5. The summed E-state index contributed by atoms with van der Waals surface area (Å²) in [5.74, 6) is -3.81. The largest absolute Gasteiger partial charge is 0.345 e. The molecule has 0 aliphatic carbocycles. The Morgan fingerprint density at radius 2 is 1.53 bits per heavy atom. The van der Waals surface area contributed by atoms with Gasteiger partial charge in [-0.05, 0) is 23.8 Å². The third kappa shape index (κ3) is 8.75. The van der Waals surface area contributed by atoms with Crippen LogP contribution in [0.15, 0.2) is 48.9 Å². The number of rotatable bonds is 11. The summed E-state index contributed by atoms with van der Waals surface area (Å²) in [6, 6.07) is 5.97. The zero-order valence-corrected chi connectivity index (χ0v) is 22.6. The predicted octanol–water partition coefficient (Wildman–Crippen LogP) is 1.15. The van der Waals surface area contributed by atoms with Crippen molar-refractivity contribution in [1.29, 1.82) is 0 Å². The van der Waals surface area contributed by atoms with Crippen LogP contribution in [0.4, 0.5) is 0 Å². The molecule has 2 aromatic rings. The summed E-state index contributed by atoms with van der Waals surface area (Å²) in [7, 11) is 0. The maximum Gasteiger partial charge on any atom is 0.289 e. The lowest BCUT2D eigenvalue weighted by Gasteiger charge is -2.31. The number of amides is 4. The Morgan fingerprint density at radius 3 is 2.08 bits per heavy atom. The van der Waals surface area contributed by atoms with Crippen LogP contribution >= 0.6 is 0 Å². The summed E-state index contributed by atoms with van der Waals surface area (Å²) in [5, 5.41) is 10.4. The highest BCUT2D eigenvalue weighted by molar-refractivity contribution is 6.38. The van der Waals surface area contributed by atoms with Gasteiger partial charge in [-0.1, -0.05) is 65.0 Å². The molecular formula is C27H36N6O5. The van der Waals surface area contributed by atoms with Crippen LogP contribution in [-0.4, -0.2) is 57.5 Å². The van der Waals surface area contributed by atoms with E-state index in [0.717, 1.165) is 5.56 Å². The van der Waals surface area contributed by atoms with Crippen LogP contribution in [0.1, 0.15) is 57.6 Å². The molecule has 0 bridgehead atoms. The van der Waals surface area contributed by atoms with Gasteiger partial charge in [-0.2, -0.15) is 0 Å². The van der Waals surface area contributed by atoms with E-state index in [9.17, 15) is 24.0 Å². The Balaban J connectivity index is 2.02. The van der Waals surface area contributed by atoms with E-state index in [0.29, 0.717) is 0 Å². The monoisotopic (exact) mass is 524 g/mol. The van der Waals surface area contributed by atoms with Gasteiger partial charge in [-0.3, -0.25) is 29.0 Å². The molecule has 1 heterocycles. The lowest BCUT2D eigenvalue weighted by Crippen LogP contribution is -2.59. The van der Waals surface area contributed by atoms with E-state index in [4.69, 9.17) is 0 Å². The fourth-order valence-corrected chi connectivity index (χ4v) is 3.48. The number of carbonyl (C=O) groups is 5. The molecule has 3 atom stereocenters. The summed E-state index contributed by atoms with van der Waals surface area (Å²) >= 11 is 0. The number of benzene rings is 1. The smallest absolute Gasteiger partial charge is 0.289 e. The Morgan fingerprint density at radius 1 is 0.868 bits per heavy atom. The van der Waals surface area contributed by atoms with Gasteiger partial charge in [0.15, 0.2) is 0 Å². The third-order valence-corrected chi connectivity index (χ3v) is 5.72. The molecular weight excluding hydrogens is 488 g/mol. The first-order valence-electron chi connectivity index (χ1n) is 12.3. The van der Waals surface area contributed by atoms with Crippen molar-refractivity contribution >= 4 is 29.4 Å². The van der Waals surface area contributed by atoms with E-state index in [-0.39, 0.29) is 18.2 Å². The lowest BCUT2D eigenvalue weighted by atomic mass is 9.86. The van der Waals surface area contributed by atoms with Crippen molar-refractivity contribution in [2.75, 3.05) is 0 Å². The highest BCUT2D eigenvalue weighted by Crippen LogP contribution is 2.20. The van der Waals surface area contributed by atoms with E-state index >= 15 is 0 Å². The molecule has 0 saturated heterocycles. The Labute approximate surface area is 222 Å². The molecule has 38 heavy (non-hydrogen) atoms. The number of ketones is 1. The molecule has 0 radical (unpaired) electrons. The molecule has 1 aromatic carbocycles. The van der Waals surface area contributed by atoms with Crippen LogP contribution in [0, 0.1) is 11.3 Å². The summed E-state index contributed by atoms with van der Waals surface area (Å²) < 4.78 is 0. The summed E-state index contributed by atoms with van der Waals surface area (Å²) in [6.45, 7) is 10.3. The molecule has 0 saturated carbocycles.